The summed E-state index contributed by atoms with van der Waals surface area (Å²) in [5, 5.41) is 2.49. The maximum atomic E-state index is 12.2. The van der Waals surface area contributed by atoms with E-state index in [4.69, 9.17) is 27.9 Å². The first kappa shape index (κ1) is 21.2. The van der Waals surface area contributed by atoms with Crippen molar-refractivity contribution in [2.24, 2.45) is 0 Å². The molecule has 0 saturated heterocycles. The van der Waals surface area contributed by atoms with E-state index >= 15 is 0 Å². The molecule has 0 aliphatic heterocycles. The fourth-order valence-corrected chi connectivity index (χ4v) is 4.21. The Bertz CT molecular complexity index is 900. The highest BCUT2D eigenvalue weighted by molar-refractivity contribution is 7.89. The lowest BCUT2D eigenvalue weighted by Gasteiger charge is -2.10. The summed E-state index contributed by atoms with van der Waals surface area (Å²) in [7, 11) is -3.99. The number of carbonyl (C=O) groups is 2. The maximum Gasteiger partial charge on any atom is 0.307 e. The number of benzene rings is 2. The van der Waals surface area contributed by atoms with Gasteiger partial charge in [-0.3, -0.25) is 9.59 Å². The van der Waals surface area contributed by atoms with Gasteiger partial charge in [0.1, 0.15) is 4.90 Å². The van der Waals surface area contributed by atoms with Gasteiger partial charge in [-0.15, -0.1) is 0 Å². The number of nitrogens with one attached hydrogen (secondary N) is 2. The second kappa shape index (κ2) is 9.70. The number of hydrogen-bond acceptors (Lipinski definition) is 5. The highest BCUT2D eigenvalue weighted by atomic mass is 35.5. The fraction of sp³-hybridized carbons (Fsp3) is 0.176. The van der Waals surface area contributed by atoms with Crippen molar-refractivity contribution in [3.05, 3.63) is 58.6 Å². The monoisotopic (exact) mass is 430 g/mol. The summed E-state index contributed by atoms with van der Waals surface area (Å²) in [6.07, 6.45) is -0.264. The Balaban J connectivity index is 1.78. The zero-order valence-electron chi connectivity index (χ0n) is 13.9. The van der Waals surface area contributed by atoms with Gasteiger partial charge in [0.15, 0.2) is 6.61 Å². The molecule has 0 aromatic heterocycles. The molecule has 7 nitrogen and oxygen atoms in total. The molecule has 0 bridgehead atoms. The summed E-state index contributed by atoms with van der Waals surface area (Å²) < 4.78 is 31.5. The Hall–Kier alpha value is -2.13. The molecule has 27 heavy (non-hydrogen) atoms. The van der Waals surface area contributed by atoms with Crippen molar-refractivity contribution < 1.29 is 22.7 Å². The van der Waals surface area contributed by atoms with Gasteiger partial charge in [-0.1, -0.05) is 47.5 Å². The van der Waals surface area contributed by atoms with Gasteiger partial charge in [0.25, 0.3) is 5.91 Å². The number of carbonyl (C=O) groups excluding carboxylic acids is 2. The van der Waals surface area contributed by atoms with E-state index in [0.717, 1.165) is 0 Å². The molecule has 0 heterocycles. The van der Waals surface area contributed by atoms with E-state index in [1.54, 1.807) is 30.3 Å². The normalized spacial score (nSPS) is 11.0. The number of rotatable bonds is 8. The third-order valence-electron chi connectivity index (χ3n) is 3.23. The molecular formula is C17H16Cl2N2O5S. The third-order valence-corrected chi connectivity index (χ3v) is 5.65. The smallest absolute Gasteiger partial charge is 0.307 e. The summed E-state index contributed by atoms with van der Waals surface area (Å²) >= 11 is 11.7. The SMILES string of the molecule is O=C(COC(=O)CCNS(=O)(=O)c1c(Cl)cccc1Cl)Nc1ccccc1. The van der Waals surface area contributed by atoms with E-state index < -0.39 is 28.5 Å². The van der Waals surface area contributed by atoms with Gasteiger partial charge in [-0.2, -0.15) is 0 Å². The first-order valence-electron chi connectivity index (χ1n) is 7.74. The quantitative estimate of drug-likeness (QED) is 0.626. The summed E-state index contributed by atoms with van der Waals surface area (Å²) in [6.45, 7) is -0.708. The van der Waals surface area contributed by atoms with Crippen molar-refractivity contribution >= 4 is 50.8 Å². The first-order valence-corrected chi connectivity index (χ1v) is 9.98. The van der Waals surface area contributed by atoms with E-state index in [-0.39, 0.29) is 27.9 Å². The van der Waals surface area contributed by atoms with Gasteiger partial charge in [-0.05, 0) is 24.3 Å². The molecule has 2 rings (SSSR count). The van der Waals surface area contributed by atoms with Crippen LogP contribution in [-0.4, -0.2) is 33.4 Å². The summed E-state index contributed by atoms with van der Waals surface area (Å²) in [5.74, 6) is -1.23. The van der Waals surface area contributed by atoms with E-state index in [2.05, 4.69) is 10.0 Å². The molecule has 2 aromatic carbocycles. The molecule has 144 valence electrons. The van der Waals surface area contributed by atoms with Gasteiger partial charge in [0, 0.05) is 12.2 Å². The van der Waals surface area contributed by atoms with Crippen molar-refractivity contribution in [2.45, 2.75) is 11.3 Å². The number of amides is 1. The molecule has 2 aromatic rings. The molecule has 0 fully saturated rings. The van der Waals surface area contributed by atoms with Gasteiger partial charge >= 0.3 is 5.97 Å². The molecule has 0 saturated carbocycles. The average Bonchev–Trinajstić information content (AvgIpc) is 2.60. The Morgan fingerprint density at radius 1 is 0.963 bits per heavy atom. The van der Waals surface area contributed by atoms with Crippen molar-refractivity contribution in [3.8, 4) is 0 Å². The first-order chi connectivity index (χ1) is 12.8. The molecule has 0 spiro atoms. The van der Waals surface area contributed by atoms with Crippen LogP contribution in [0.5, 0.6) is 0 Å². The van der Waals surface area contributed by atoms with Crippen LogP contribution in [-0.2, 0) is 24.3 Å². The number of halogens is 2. The number of sulfonamides is 1. The molecule has 0 aliphatic rings. The maximum absolute atomic E-state index is 12.2. The van der Waals surface area contributed by atoms with Crippen LogP contribution in [0.2, 0.25) is 10.0 Å². The van der Waals surface area contributed by atoms with Crippen LogP contribution in [0.25, 0.3) is 0 Å². The third kappa shape index (κ3) is 6.51. The zero-order chi connectivity index (χ0) is 19.9. The number of para-hydroxylation sites is 1. The van der Waals surface area contributed by atoms with Gasteiger partial charge in [0.2, 0.25) is 10.0 Å². The highest BCUT2D eigenvalue weighted by Gasteiger charge is 2.21. The fourth-order valence-electron chi connectivity index (χ4n) is 2.04. The lowest BCUT2D eigenvalue weighted by molar-refractivity contribution is -0.147. The second-order valence-electron chi connectivity index (χ2n) is 5.27. The number of hydrogen-bond donors (Lipinski definition) is 2. The Morgan fingerprint density at radius 2 is 1.59 bits per heavy atom. The van der Waals surface area contributed by atoms with E-state index in [1.807, 2.05) is 0 Å². The predicted molar refractivity (Wildman–Crippen MR) is 102 cm³/mol. The van der Waals surface area contributed by atoms with Crippen molar-refractivity contribution in [2.75, 3.05) is 18.5 Å². The van der Waals surface area contributed by atoms with Crippen LogP contribution in [0.3, 0.4) is 0 Å². The molecule has 0 aliphatic carbocycles. The standard InChI is InChI=1S/C17H16Cl2N2O5S/c18-13-7-4-8-14(19)17(13)27(24,25)20-10-9-16(23)26-11-15(22)21-12-5-2-1-3-6-12/h1-8,20H,9-11H2,(H,21,22). The van der Waals surface area contributed by atoms with E-state index in [1.165, 1.54) is 18.2 Å². The van der Waals surface area contributed by atoms with E-state index in [9.17, 15) is 18.0 Å². The summed E-state index contributed by atoms with van der Waals surface area (Å²) in [6, 6.07) is 13.0. The summed E-state index contributed by atoms with van der Waals surface area (Å²) in [4.78, 5) is 23.1. The molecule has 1 amide bonds. The van der Waals surface area contributed by atoms with Crippen LogP contribution >= 0.6 is 23.2 Å². The minimum atomic E-state index is -3.99. The zero-order valence-corrected chi connectivity index (χ0v) is 16.3. The van der Waals surface area contributed by atoms with Crippen LogP contribution in [0.1, 0.15) is 6.42 Å². The number of esters is 1. The summed E-state index contributed by atoms with van der Waals surface area (Å²) in [5.41, 5.74) is 0.572. The Labute approximate surface area is 166 Å². The predicted octanol–water partition coefficient (Wildman–Crippen LogP) is 2.84. The largest absolute Gasteiger partial charge is 0.456 e. The van der Waals surface area contributed by atoms with Crippen LogP contribution < -0.4 is 10.0 Å². The average molecular weight is 431 g/mol. The lowest BCUT2D eigenvalue weighted by Crippen LogP contribution is -2.28. The minimum Gasteiger partial charge on any atom is -0.456 e. The molecule has 0 radical (unpaired) electrons. The van der Waals surface area contributed by atoms with Gasteiger partial charge < -0.3 is 10.1 Å². The van der Waals surface area contributed by atoms with Gasteiger partial charge in [-0.25, -0.2) is 13.1 Å². The van der Waals surface area contributed by atoms with Crippen LogP contribution in [0.4, 0.5) is 5.69 Å². The number of anilines is 1. The van der Waals surface area contributed by atoms with Crippen molar-refractivity contribution in [1.29, 1.82) is 0 Å². The second-order valence-corrected chi connectivity index (χ2v) is 7.79. The molecule has 10 heteroatoms. The van der Waals surface area contributed by atoms with Crippen molar-refractivity contribution in [3.63, 3.8) is 0 Å². The minimum absolute atomic E-state index is 0.0323. The molecule has 0 unspecified atom stereocenters. The Morgan fingerprint density at radius 3 is 2.22 bits per heavy atom. The van der Waals surface area contributed by atoms with Gasteiger partial charge in [0.05, 0.1) is 16.5 Å². The molecule has 2 N–H and O–H groups in total. The lowest BCUT2D eigenvalue weighted by atomic mass is 10.3. The molecular weight excluding hydrogens is 415 g/mol. The van der Waals surface area contributed by atoms with Crippen LogP contribution in [0, 0.1) is 0 Å². The van der Waals surface area contributed by atoms with Crippen molar-refractivity contribution in [1.82, 2.24) is 4.72 Å². The van der Waals surface area contributed by atoms with Crippen LogP contribution in [0.15, 0.2) is 53.4 Å². The topological polar surface area (TPSA) is 102 Å². The Kier molecular flexibility index (Phi) is 7.61. The highest BCUT2D eigenvalue weighted by Crippen LogP contribution is 2.28. The molecule has 0 atom stereocenters. The van der Waals surface area contributed by atoms with E-state index in [0.29, 0.717) is 5.69 Å². The number of ether oxygens (including phenoxy) is 1.